The summed E-state index contributed by atoms with van der Waals surface area (Å²) in [5, 5.41) is 40.1. The van der Waals surface area contributed by atoms with Crippen LogP contribution >= 0.6 is 0 Å². The van der Waals surface area contributed by atoms with Gasteiger partial charge in [0.2, 0.25) is 0 Å². The smallest absolute Gasteiger partial charge is 0.305 e. The van der Waals surface area contributed by atoms with Gasteiger partial charge in [0.15, 0.2) is 0 Å². The van der Waals surface area contributed by atoms with Crippen molar-refractivity contribution in [3.63, 3.8) is 0 Å². The molecule has 0 aromatic heterocycles. The van der Waals surface area contributed by atoms with Gasteiger partial charge < -0.3 is 29.9 Å². The molecular weight excluding hydrogens is 668 g/mol. The summed E-state index contributed by atoms with van der Waals surface area (Å²) >= 11 is 0. The summed E-state index contributed by atoms with van der Waals surface area (Å²) in [6, 6.07) is 0. The maximum absolute atomic E-state index is 12.0. The predicted molar refractivity (Wildman–Crippen MR) is 218 cm³/mol. The maximum Gasteiger partial charge on any atom is 0.305 e. The van der Waals surface area contributed by atoms with E-state index in [2.05, 4.69) is 13.8 Å². The van der Waals surface area contributed by atoms with Crippen molar-refractivity contribution in [2.24, 2.45) is 5.92 Å². The van der Waals surface area contributed by atoms with Crippen molar-refractivity contribution in [1.29, 1.82) is 0 Å². The molecule has 0 aromatic rings. The van der Waals surface area contributed by atoms with E-state index in [0.717, 1.165) is 31.6 Å². The van der Waals surface area contributed by atoms with Crippen molar-refractivity contribution in [1.82, 2.24) is 0 Å². The van der Waals surface area contributed by atoms with Gasteiger partial charge >= 0.3 is 11.9 Å². The lowest BCUT2D eigenvalue weighted by Crippen LogP contribution is -2.26. The van der Waals surface area contributed by atoms with Crippen LogP contribution in [0.4, 0.5) is 0 Å². The van der Waals surface area contributed by atoms with Gasteiger partial charge in [-0.25, -0.2) is 0 Å². The number of rotatable bonds is 36. The Morgan fingerprint density at radius 2 is 0.962 bits per heavy atom. The molecule has 4 N–H and O–H groups in total. The number of unbranched alkanes of at least 4 members (excludes halogenated alkanes) is 15. The number of hydrogen-bond donors (Lipinski definition) is 4. The van der Waals surface area contributed by atoms with E-state index in [-0.39, 0.29) is 32.0 Å². The second-order valence-electron chi connectivity index (χ2n) is 14.8. The van der Waals surface area contributed by atoms with Gasteiger partial charge in [-0.1, -0.05) is 184 Å². The summed E-state index contributed by atoms with van der Waals surface area (Å²) in [5.41, 5.74) is 0. The first-order chi connectivity index (χ1) is 25.6. The average Bonchev–Trinajstić information content (AvgIpc) is 3.13. The fourth-order valence-corrected chi connectivity index (χ4v) is 5.73. The average molecular weight is 747 g/mol. The van der Waals surface area contributed by atoms with Gasteiger partial charge in [0.25, 0.3) is 0 Å². The molecule has 8 heteroatoms. The van der Waals surface area contributed by atoms with Crippen LogP contribution in [0.5, 0.6) is 0 Å². The van der Waals surface area contributed by atoms with Crippen LogP contribution in [0.1, 0.15) is 168 Å². The molecule has 0 heterocycles. The summed E-state index contributed by atoms with van der Waals surface area (Å²) in [6.45, 7) is 6.17. The third-order valence-corrected chi connectivity index (χ3v) is 9.04. The Kier molecular flexibility index (Phi) is 36.0. The SMILES string of the molecule is CC/C=C\C[C@@H](O)/C=C/C=C/C=C\C=C/[C@H](O)[C@@H](O)CCCC(=O)OC[C@@H](O)COC(=O)CCCCCCCCCCCCCCCCCCC(C)C. The van der Waals surface area contributed by atoms with Crippen molar-refractivity contribution in [3.05, 3.63) is 60.8 Å². The maximum atomic E-state index is 12.0. The van der Waals surface area contributed by atoms with Crippen LogP contribution in [0.3, 0.4) is 0 Å². The highest BCUT2D eigenvalue weighted by atomic mass is 16.6. The van der Waals surface area contributed by atoms with Gasteiger partial charge in [0, 0.05) is 12.8 Å². The van der Waals surface area contributed by atoms with Crippen molar-refractivity contribution < 1.29 is 39.5 Å². The largest absolute Gasteiger partial charge is 0.463 e. The van der Waals surface area contributed by atoms with Crippen LogP contribution in [0.25, 0.3) is 0 Å². The van der Waals surface area contributed by atoms with E-state index >= 15 is 0 Å². The Bertz CT molecular complexity index is 998. The van der Waals surface area contributed by atoms with Crippen molar-refractivity contribution >= 4 is 11.9 Å². The van der Waals surface area contributed by atoms with Crippen molar-refractivity contribution in [3.8, 4) is 0 Å². The summed E-state index contributed by atoms with van der Waals surface area (Å²) in [4.78, 5) is 24.0. The summed E-state index contributed by atoms with van der Waals surface area (Å²) in [6.07, 6.45) is 38.1. The first kappa shape index (κ1) is 50.5. The predicted octanol–water partition coefficient (Wildman–Crippen LogP) is 9.95. The molecule has 0 rings (SSSR count). The molecule has 0 aromatic carbocycles. The van der Waals surface area contributed by atoms with E-state index in [9.17, 15) is 30.0 Å². The zero-order valence-corrected chi connectivity index (χ0v) is 33.8. The number of hydrogen-bond acceptors (Lipinski definition) is 8. The number of carbonyl (C=O) groups excluding carboxylic acids is 2. The van der Waals surface area contributed by atoms with Gasteiger partial charge in [0.1, 0.15) is 19.3 Å². The van der Waals surface area contributed by atoms with E-state index in [1.807, 2.05) is 19.1 Å². The van der Waals surface area contributed by atoms with E-state index in [1.165, 1.54) is 96.0 Å². The number of esters is 2. The minimum absolute atomic E-state index is 0.0285. The van der Waals surface area contributed by atoms with Gasteiger partial charge in [-0.05, 0) is 38.0 Å². The molecule has 4 atom stereocenters. The Balaban J connectivity index is 3.72. The van der Waals surface area contributed by atoms with Crippen LogP contribution in [-0.4, -0.2) is 70.0 Å². The van der Waals surface area contributed by atoms with E-state index in [0.29, 0.717) is 19.3 Å². The Labute approximate surface area is 323 Å². The molecule has 53 heavy (non-hydrogen) atoms. The summed E-state index contributed by atoms with van der Waals surface area (Å²) in [7, 11) is 0. The molecule has 0 fully saturated rings. The van der Waals surface area contributed by atoms with E-state index < -0.39 is 30.4 Å². The number of ether oxygens (including phenoxy) is 2. The molecule has 0 amide bonds. The quantitative estimate of drug-likeness (QED) is 0.0216. The fraction of sp³-hybridized carbons (Fsp3) is 0.733. The third-order valence-electron chi connectivity index (χ3n) is 9.04. The second kappa shape index (κ2) is 37.8. The van der Waals surface area contributed by atoms with Crippen LogP contribution < -0.4 is 0 Å². The molecule has 0 unspecified atom stereocenters. The normalized spacial score (nSPS) is 14.7. The summed E-state index contributed by atoms with van der Waals surface area (Å²) in [5.74, 6) is -0.0412. The van der Waals surface area contributed by atoms with Crippen molar-refractivity contribution in [2.75, 3.05) is 13.2 Å². The minimum Gasteiger partial charge on any atom is -0.463 e. The molecule has 0 radical (unpaired) electrons. The highest BCUT2D eigenvalue weighted by Crippen LogP contribution is 2.15. The Morgan fingerprint density at radius 1 is 0.528 bits per heavy atom. The van der Waals surface area contributed by atoms with Gasteiger partial charge in [0.05, 0.1) is 18.3 Å². The second-order valence-corrected chi connectivity index (χ2v) is 14.8. The molecule has 0 aliphatic carbocycles. The highest BCUT2D eigenvalue weighted by molar-refractivity contribution is 5.69. The first-order valence-corrected chi connectivity index (χ1v) is 21.0. The van der Waals surface area contributed by atoms with Crippen LogP contribution in [0, 0.1) is 5.92 Å². The molecule has 0 aliphatic heterocycles. The highest BCUT2D eigenvalue weighted by Gasteiger charge is 2.15. The van der Waals surface area contributed by atoms with Crippen LogP contribution in [0.2, 0.25) is 0 Å². The molecule has 0 aliphatic rings. The Hall–Kier alpha value is -2.52. The third kappa shape index (κ3) is 37.6. The van der Waals surface area contributed by atoms with Crippen molar-refractivity contribution in [2.45, 2.75) is 193 Å². The Morgan fingerprint density at radius 3 is 1.45 bits per heavy atom. The topological polar surface area (TPSA) is 134 Å². The zero-order valence-electron chi connectivity index (χ0n) is 33.8. The van der Waals surface area contributed by atoms with Gasteiger partial charge in [-0.3, -0.25) is 9.59 Å². The first-order valence-electron chi connectivity index (χ1n) is 21.0. The monoisotopic (exact) mass is 747 g/mol. The lowest BCUT2D eigenvalue weighted by atomic mass is 10.0. The molecule has 8 nitrogen and oxygen atoms in total. The molecular formula is C45H78O8. The molecule has 0 saturated carbocycles. The van der Waals surface area contributed by atoms with Gasteiger partial charge in [-0.2, -0.15) is 0 Å². The van der Waals surface area contributed by atoms with Gasteiger partial charge in [-0.15, -0.1) is 0 Å². The number of aliphatic hydroxyl groups is 4. The fourth-order valence-electron chi connectivity index (χ4n) is 5.73. The molecule has 0 bridgehead atoms. The minimum atomic E-state index is -1.09. The van der Waals surface area contributed by atoms with Crippen LogP contribution in [-0.2, 0) is 19.1 Å². The number of carbonyl (C=O) groups is 2. The summed E-state index contributed by atoms with van der Waals surface area (Å²) < 4.78 is 10.2. The standard InChI is InChI=1S/C45H78O8/c1-4-5-24-31-40(46)32-26-21-18-19-22-27-33-42(48)43(49)34-29-36-45(51)53-38-41(47)37-52-44(50)35-28-23-17-15-13-11-9-7-6-8-10-12-14-16-20-25-30-39(2)3/h5,18-19,21-22,24,26-27,32-33,39-43,46-49H,4,6-17,20,23,25,28-31,34-38H2,1-3H3/b21-18+,22-19-,24-5-,32-26+,33-27-/t40-,41+,42+,43+/m1/s1. The number of aliphatic hydroxyl groups excluding tert-OH is 4. The molecule has 306 valence electrons. The lowest BCUT2D eigenvalue weighted by molar-refractivity contribution is -0.152. The van der Waals surface area contributed by atoms with E-state index in [4.69, 9.17) is 9.47 Å². The van der Waals surface area contributed by atoms with E-state index in [1.54, 1.807) is 42.5 Å². The lowest BCUT2D eigenvalue weighted by Gasteiger charge is -2.14. The van der Waals surface area contributed by atoms with Crippen LogP contribution in [0.15, 0.2) is 60.8 Å². The zero-order chi connectivity index (χ0) is 39.2. The molecule has 0 saturated heterocycles. The molecule has 0 spiro atoms. The number of allylic oxidation sites excluding steroid dienone is 7.